The van der Waals surface area contributed by atoms with Gasteiger partial charge in [0, 0.05) is 49.2 Å². The largest absolute Gasteiger partial charge is 0.355 e. The number of rotatable bonds is 12. The molecule has 9 aromatic carbocycles. The minimum Gasteiger partial charge on any atom is -0.355 e. The topological polar surface area (TPSA) is 20.2 Å². The zero-order valence-corrected chi connectivity index (χ0v) is 37.7. The Morgan fingerprint density at radius 2 is 1.15 bits per heavy atom. The zero-order valence-electron chi connectivity index (χ0n) is 36.9. The Morgan fingerprint density at radius 1 is 0.545 bits per heavy atom. The van der Waals surface area contributed by atoms with Crippen LogP contribution in [0.25, 0.3) is 71.0 Å². The molecule has 3 nitrogen and oxygen atoms in total. The van der Waals surface area contributed by atoms with Crippen molar-refractivity contribution >= 4 is 89.2 Å². The predicted octanol–water partition coefficient (Wildman–Crippen LogP) is 15.9. The van der Waals surface area contributed by atoms with E-state index in [9.17, 15) is 0 Å². The first-order valence-electron chi connectivity index (χ1n) is 23.2. The summed E-state index contributed by atoms with van der Waals surface area (Å²) < 4.78 is 5.14. The lowest BCUT2D eigenvalue weighted by Gasteiger charge is -2.29. The predicted molar refractivity (Wildman–Crippen MR) is 285 cm³/mol. The molecule has 0 saturated heterocycles. The van der Waals surface area contributed by atoms with Crippen molar-refractivity contribution in [2.45, 2.75) is 32.6 Å². The highest BCUT2D eigenvalue weighted by molar-refractivity contribution is 7.29. The summed E-state index contributed by atoms with van der Waals surface area (Å²) >= 11 is 1.88. The molecule has 0 saturated carbocycles. The second kappa shape index (κ2) is 17.1. The van der Waals surface area contributed by atoms with Crippen LogP contribution in [0.2, 0.25) is 0 Å². The minimum absolute atomic E-state index is 1.07. The third kappa shape index (κ3) is 7.08. The van der Waals surface area contributed by atoms with Gasteiger partial charge < -0.3 is 14.8 Å². The van der Waals surface area contributed by atoms with Gasteiger partial charge in [-0.05, 0) is 129 Å². The number of fused-ring (bicyclic) bond motifs is 7. The van der Waals surface area contributed by atoms with Crippen molar-refractivity contribution in [1.82, 2.24) is 4.57 Å². The van der Waals surface area contributed by atoms with Crippen LogP contribution in [0.15, 0.2) is 212 Å². The molecule has 0 unspecified atom stereocenters. The molecule has 0 aliphatic carbocycles. The standard InChI is InChI=1S/C61H47BN3S/c1-2-3-8-19-41-30-34-46(35-31-41)63-53-29-18-17-28-49(53)50-40-55(64(47-24-13-6-14-25-47)48-26-15-7-16-27-48)57-51-38-44(42-20-9-4-10-21-42)32-36-54(51)65-59-52-39-45(43-22-11-5-12-23-43)33-37-56(52)66-61(59)62-58(50)60(57)65/h4-7,9-18,20-40,63H,2-3,8,19H2,1H3. The van der Waals surface area contributed by atoms with Crippen LogP contribution >= 0.6 is 11.3 Å². The number of aryl methyl sites for hydroxylation is 1. The quantitative estimate of drug-likeness (QED) is 0.0975. The minimum atomic E-state index is 1.07. The molecule has 0 bridgehead atoms. The molecule has 0 amide bonds. The van der Waals surface area contributed by atoms with Crippen molar-refractivity contribution in [3.05, 3.63) is 218 Å². The number of anilines is 5. The molecule has 1 radical (unpaired) electrons. The summed E-state index contributed by atoms with van der Waals surface area (Å²) in [5.74, 6) is 0. The van der Waals surface area contributed by atoms with Crippen LogP contribution in [0.4, 0.5) is 28.4 Å². The van der Waals surface area contributed by atoms with Crippen molar-refractivity contribution in [2.75, 3.05) is 10.2 Å². The van der Waals surface area contributed by atoms with Gasteiger partial charge in [-0.25, -0.2) is 0 Å². The highest BCUT2D eigenvalue weighted by atomic mass is 32.1. The molecule has 1 aliphatic heterocycles. The molecule has 1 N–H and O–H groups in total. The van der Waals surface area contributed by atoms with E-state index in [4.69, 9.17) is 0 Å². The average molecular weight is 865 g/mol. The third-order valence-electron chi connectivity index (χ3n) is 13.2. The molecule has 5 heteroatoms. The second-order valence-corrected chi connectivity index (χ2v) is 18.5. The summed E-state index contributed by atoms with van der Waals surface area (Å²) in [5, 5.41) is 7.60. The van der Waals surface area contributed by atoms with Crippen LogP contribution in [0.3, 0.4) is 0 Å². The number of unbranched alkanes of at least 4 members (excludes halogenated alkanes) is 2. The number of nitrogens with zero attached hydrogens (tertiary/aromatic N) is 2. The molecular formula is C61H47BN3S. The number of thiophene rings is 1. The molecule has 0 spiro atoms. The number of benzene rings is 9. The number of nitrogens with one attached hydrogen (secondary N) is 1. The van der Waals surface area contributed by atoms with Gasteiger partial charge in [0.15, 0.2) is 0 Å². The van der Waals surface area contributed by atoms with E-state index in [1.807, 2.05) is 11.3 Å². The molecule has 2 aromatic heterocycles. The summed E-state index contributed by atoms with van der Waals surface area (Å²) in [6.07, 6.45) is 4.82. The molecule has 11 aromatic rings. The normalized spacial score (nSPS) is 11.8. The first-order valence-corrected chi connectivity index (χ1v) is 24.0. The third-order valence-corrected chi connectivity index (χ3v) is 14.3. The Hall–Kier alpha value is -7.60. The Morgan fingerprint density at radius 3 is 1.82 bits per heavy atom. The highest BCUT2D eigenvalue weighted by Gasteiger charge is 2.33. The number of hydrogen-bond donors (Lipinski definition) is 1. The maximum Gasteiger partial charge on any atom is 0.211 e. The van der Waals surface area contributed by atoms with Crippen molar-refractivity contribution in [1.29, 1.82) is 0 Å². The fraction of sp³-hybridized carbons (Fsp3) is 0.0820. The van der Waals surface area contributed by atoms with E-state index in [0.29, 0.717) is 0 Å². The Bertz CT molecular complexity index is 3480. The molecule has 0 atom stereocenters. The SMILES string of the molecule is CCCCCc1ccc(Nc2ccccc2-c2cc(N(c3ccccc3)c3ccccc3)c3c4cc(-c5ccccc5)ccc4n4c3c2[B]c2sc3ccc(-c5ccccc5)cc3c2-4)cc1. The van der Waals surface area contributed by atoms with Crippen LogP contribution in [0, 0.1) is 0 Å². The maximum absolute atomic E-state index is 3.89. The van der Waals surface area contributed by atoms with E-state index in [-0.39, 0.29) is 0 Å². The summed E-state index contributed by atoms with van der Waals surface area (Å²) in [7, 11) is 2.48. The van der Waals surface area contributed by atoms with Gasteiger partial charge in [-0.3, -0.25) is 0 Å². The van der Waals surface area contributed by atoms with E-state index in [1.54, 1.807) is 0 Å². The van der Waals surface area contributed by atoms with Gasteiger partial charge in [0.1, 0.15) is 0 Å². The Labute approximate surface area is 391 Å². The van der Waals surface area contributed by atoms with Gasteiger partial charge in [-0.2, -0.15) is 0 Å². The van der Waals surface area contributed by atoms with Gasteiger partial charge in [0.25, 0.3) is 0 Å². The number of para-hydroxylation sites is 3. The van der Waals surface area contributed by atoms with E-state index in [2.05, 4.69) is 241 Å². The average Bonchev–Trinajstić information content (AvgIpc) is 3.92. The fourth-order valence-electron chi connectivity index (χ4n) is 10.1. The fourth-order valence-corrected chi connectivity index (χ4v) is 11.2. The lowest BCUT2D eigenvalue weighted by Crippen LogP contribution is -2.35. The number of aromatic nitrogens is 1. The van der Waals surface area contributed by atoms with Gasteiger partial charge in [0.05, 0.1) is 22.4 Å². The molecule has 3 heterocycles. The van der Waals surface area contributed by atoms with Crippen LogP contribution in [0.5, 0.6) is 0 Å². The second-order valence-electron chi connectivity index (χ2n) is 17.4. The van der Waals surface area contributed by atoms with Gasteiger partial charge in [0.2, 0.25) is 7.28 Å². The lowest BCUT2D eigenvalue weighted by molar-refractivity contribution is 0.717. The lowest BCUT2D eigenvalue weighted by atomic mass is 9.63. The van der Waals surface area contributed by atoms with Crippen LogP contribution < -0.4 is 20.5 Å². The van der Waals surface area contributed by atoms with Crippen molar-refractivity contribution < 1.29 is 0 Å². The molecule has 1 aliphatic rings. The van der Waals surface area contributed by atoms with E-state index < -0.39 is 0 Å². The van der Waals surface area contributed by atoms with Crippen LogP contribution in [-0.4, -0.2) is 11.8 Å². The summed E-state index contributed by atoms with van der Waals surface area (Å²) in [6.45, 7) is 2.27. The summed E-state index contributed by atoms with van der Waals surface area (Å²) in [6, 6.07) is 77.8. The van der Waals surface area contributed by atoms with Gasteiger partial charge in [-0.1, -0.05) is 159 Å². The van der Waals surface area contributed by atoms with Crippen LogP contribution in [-0.2, 0) is 6.42 Å². The summed E-state index contributed by atoms with van der Waals surface area (Å²) in [5.41, 5.74) is 18.9. The molecular weight excluding hydrogens is 818 g/mol. The van der Waals surface area contributed by atoms with Crippen molar-refractivity contribution in [3.63, 3.8) is 0 Å². The van der Waals surface area contributed by atoms with E-state index in [0.717, 1.165) is 40.4 Å². The number of hydrogen-bond acceptors (Lipinski definition) is 3. The Balaban J connectivity index is 1.17. The first-order chi connectivity index (χ1) is 32.7. The van der Waals surface area contributed by atoms with Crippen molar-refractivity contribution in [2.24, 2.45) is 0 Å². The van der Waals surface area contributed by atoms with Gasteiger partial charge >= 0.3 is 0 Å². The first kappa shape index (κ1) is 40.0. The van der Waals surface area contributed by atoms with E-state index in [1.165, 1.54) is 100 Å². The molecule has 315 valence electrons. The van der Waals surface area contributed by atoms with Crippen LogP contribution in [0.1, 0.15) is 31.7 Å². The zero-order chi connectivity index (χ0) is 44.0. The molecule has 66 heavy (non-hydrogen) atoms. The maximum atomic E-state index is 3.89. The van der Waals surface area contributed by atoms with Gasteiger partial charge in [-0.15, -0.1) is 11.3 Å². The Kier molecular flexibility index (Phi) is 10.3. The highest BCUT2D eigenvalue weighted by Crippen LogP contribution is 2.49. The van der Waals surface area contributed by atoms with Crippen molar-refractivity contribution in [3.8, 4) is 39.1 Å². The monoisotopic (exact) mass is 864 g/mol. The summed E-state index contributed by atoms with van der Waals surface area (Å²) in [4.78, 5) is 2.46. The van der Waals surface area contributed by atoms with E-state index >= 15 is 0 Å². The smallest absolute Gasteiger partial charge is 0.211 e. The molecule has 12 rings (SSSR count). The molecule has 0 fully saturated rings.